The molecule has 110 valence electrons. The first-order valence-corrected chi connectivity index (χ1v) is 7.49. The van der Waals surface area contributed by atoms with Crippen molar-refractivity contribution in [1.29, 1.82) is 0 Å². The Morgan fingerprint density at radius 1 is 1.15 bits per heavy atom. The van der Waals surface area contributed by atoms with Gasteiger partial charge in [0, 0.05) is 20.0 Å². The van der Waals surface area contributed by atoms with Gasteiger partial charge in [-0.25, -0.2) is 17.9 Å². The highest BCUT2D eigenvalue weighted by molar-refractivity contribution is 7.88. The van der Waals surface area contributed by atoms with Crippen molar-refractivity contribution >= 4 is 21.9 Å². The topological polar surface area (TPSA) is 113 Å². The normalized spacial score (nSPS) is 11.1. The van der Waals surface area contributed by atoms with Crippen LogP contribution in [-0.2, 0) is 20.6 Å². The second-order valence-corrected chi connectivity index (χ2v) is 5.95. The van der Waals surface area contributed by atoms with E-state index in [1.165, 1.54) is 31.2 Å². The maximum absolute atomic E-state index is 11.7. The molecule has 0 unspecified atom stereocenters. The third kappa shape index (κ3) is 5.81. The average Bonchev–Trinajstić information content (AvgIpc) is 2.34. The van der Waals surface area contributed by atoms with Crippen molar-refractivity contribution in [3.05, 3.63) is 35.4 Å². The van der Waals surface area contributed by atoms with Gasteiger partial charge in [-0.3, -0.25) is 4.79 Å². The number of hydrogen-bond acceptors (Lipinski definition) is 4. The lowest BCUT2D eigenvalue weighted by molar-refractivity contribution is -0.118. The second-order valence-electron chi connectivity index (χ2n) is 4.14. The van der Waals surface area contributed by atoms with Crippen molar-refractivity contribution in [3.63, 3.8) is 0 Å². The third-order valence-corrected chi connectivity index (χ3v) is 3.74. The zero-order valence-electron chi connectivity index (χ0n) is 10.9. The minimum atomic E-state index is -3.51. The highest BCUT2D eigenvalue weighted by atomic mass is 32.2. The Morgan fingerprint density at radius 2 is 1.75 bits per heavy atom. The zero-order chi connectivity index (χ0) is 15.2. The number of rotatable bonds is 7. The van der Waals surface area contributed by atoms with Gasteiger partial charge in [-0.15, -0.1) is 0 Å². The van der Waals surface area contributed by atoms with Crippen molar-refractivity contribution in [2.24, 2.45) is 0 Å². The Labute approximate surface area is 117 Å². The van der Waals surface area contributed by atoms with E-state index in [1.54, 1.807) is 0 Å². The van der Waals surface area contributed by atoms with E-state index in [-0.39, 0.29) is 30.3 Å². The highest BCUT2D eigenvalue weighted by Gasteiger charge is 2.11. The Balaban J connectivity index is 2.53. The van der Waals surface area contributed by atoms with Gasteiger partial charge in [0.25, 0.3) is 0 Å². The van der Waals surface area contributed by atoms with Crippen LogP contribution in [0.1, 0.15) is 22.8 Å². The molecule has 1 aromatic rings. The fourth-order valence-electron chi connectivity index (χ4n) is 1.46. The first-order chi connectivity index (χ1) is 9.30. The van der Waals surface area contributed by atoms with Crippen LogP contribution in [0.5, 0.6) is 0 Å². The van der Waals surface area contributed by atoms with Gasteiger partial charge in [-0.05, 0) is 17.7 Å². The molecular formula is C12H16N2O5S. The van der Waals surface area contributed by atoms with E-state index < -0.39 is 16.0 Å². The molecule has 0 saturated carbocycles. The predicted octanol–water partition coefficient (Wildman–Crippen LogP) is -0.0597. The predicted molar refractivity (Wildman–Crippen MR) is 72.7 cm³/mol. The van der Waals surface area contributed by atoms with Crippen molar-refractivity contribution < 1.29 is 23.1 Å². The lowest BCUT2D eigenvalue weighted by atomic mass is 10.1. The number of carboxylic acid groups (broad SMARTS) is 1. The van der Waals surface area contributed by atoms with Crippen molar-refractivity contribution in [3.8, 4) is 0 Å². The van der Waals surface area contributed by atoms with Crippen LogP contribution in [0.15, 0.2) is 24.3 Å². The zero-order valence-corrected chi connectivity index (χ0v) is 11.7. The summed E-state index contributed by atoms with van der Waals surface area (Å²) in [5.74, 6) is -1.53. The summed E-state index contributed by atoms with van der Waals surface area (Å²) < 4.78 is 25.8. The summed E-state index contributed by atoms with van der Waals surface area (Å²) in [4.78, 5) is 21.3. The summed E-state index contributed by atoms with van der Waals surface area (Å²) in [6, 6.07) is 5.61. The largest absolute Gasteiger partial charge is 0.478 e. The molecule has 0 radical (unpaired) electrons. The molecule has 0 aliphatic heterocycles. The Bertz CT molecular complexity index is 580. The summed E-state index contributed by atoms with van der Waals surface area (Å²) >= 11 is 0. The number of carbonyl (C=O) groups is 2. The lowest BCUT2D eigenvalue weighted by Crippen LogP contribution is -2.34. The Morgan fingerprint density at radius 3 is 2.25 bits per heavy atom. The van der Waals surface area contributed by atoms with Crippen LogP contribution < -0.4 is 10.0 Å². The molecule has 8 heteroatoms. The molecule has 3 N–H and O–H groups in total. The van der Waals surface area contributed by atoms with Gasteiger partial charge in [-0.1, -0.05) is 12.1 Å². The van der Waals surface area contributed by atoms with Crippen molar-refractivity contribution in [2.75, 3.05) is 13.1 Å². The van der Waals surface area contributed by atoms with Crippen LogP contribution in [0.3, 0.4) is 0 Å². The number of sulfonamides is 1. The number of amides is 1. The van der Waals surface area contributed by atoms with Crippen LogP contribution in [-0.4, -0.2) is 38.5 Å². The summed E-state index contributed by atoms with van der Waals surface area (Å²) in [5.41, 5.74) is 0.590. The molecule has 0 aliphatic rings. The van der Waals surface area contributed by atoms with E-state index in [0.717, 1.165) is 0 Å². The second kappa shape index (κ2) is 7.01. The molecule has 0 atom stereocenters. The molecular weight excluding hydrogens is 284 g/mol. The van der Waals surface area contributed by atoms with Gasteiger partial charge >= 0.3 is 5.97 Å². The van der Waals surface area contributed by atoms with E-state index in [4.69, 9.17) is 5.11 Å². The number of hydrogen-bond donors (Lipinski definition) is 3. The van der Waals surface area contributed by atoms with Crippen LogP contribution in [0.4, 0.5) is 0 Å². The van der Waals surface area contributed by atoms with Crippen LogP contribution in [0.2, 0.25) is 0 Å². The highest BCUT2D eigenvalue weighted by Crippen LogP contribution is 2.07. The lowest BCUT2D eigenvalue weighted by Gasteiger charge is -2.07. The average molecular weight is 300 g/mol. The molecule has 7 nitrogen and oxygen atoms in total. The van der Waals surface area contributed by atoms with Crippen LogP contribution in [0.25, 0.3) is 0 Å². The standard InChI is InChI=1S/C12H16N2O5S/c1-9(15)13-6-7-14-20(18,19)8-10-2-4-11(5-3-10)12(16)17/h2-5,14H,6-8H2,1H3,(H,13,15)(H,16,17). The van der Waals surface area contributed by atoms with Gasteiger partial charge < -0.3 is 10.4 Å². The summed E-state index contributed by atoms with van der Waals surface area (Å²) in [5, 5.41) is 11.2. The first-order valence-electron chi connectivity index (χ1n) is 5.84. The molecule has 0 aromatic heterocycles. The van der Waals surface area contributed by atoms with Gasteiger partial charge in [0.2, 0.25) is 15.9 Å². The molecule has 20 heavy (non-hydrogen) atoms. The quantitative estimate of drug-likeness (QED) is 0.611. The molecule has 0 fully saturated rings. The van der Waals surface area contributed by atoms with Gasteiger partial charge in [-0.2, -0.15) is 0 Å². The van der Waals surface area contributed by atoms with Crippen LogP contribution in [0, 0.1) is 0 Å². The molecule has 1 rings (SSSR count). The maximum atomic E-state index is 11.7. The first kappa shape index (κ1) is 16.1. The molecule has 1 aromatic carbocycles. The molecule has 1 amide bonds. The number of carboxylic acids is 1. The monoisotopic (exact) mass is 300 g/mol. The SMILES string of the molecule is CC(=O)NCCNS(=O)(=O)Cc1ccc(C(=O)O)cc1. The number of benzene rings is 1. The molecule has 0 aliphatic carbocycles. The summed E-state index contributed by atoms with van der Waals surface area (Å²) in [6.07, 6.45) is 0. The Kier molecular flexibility index (Phi) is 5.66. The summed E-state index contributed by atoms with van der Waals surface area (Å²) in [6.45, 7) is 1.67. The molecule has 0 saturated heterocycles. The van der Waals surface area contributed by atoms with E-state index in [1.807, 2.05) is 0 Å². The van der Waals surface area contributed by atoms with Gasteiger partial charge in [0.05, 0.1) is 11.3 Å². The van der Waals surface area contributed by atoms with E-state index >= 15 is 0 Å². The number of nitrogens with one attached hydrogen (secondary N) is 2. The van der Waals surface area contributed by atoms with Gasteiger partial charge in [0.15, 0.2) is 0 Å². The Hall–Kier alpha value is -1.93. The fraction of sp³-hybridized carbons (Fsp3) is 0.333. The van der Waals surface area contributed by atoms with Gasteiger partial charge in [0.1, 0.15) is 0 Å². The molecule has 0 spiro atoms. The van der Waals surface area contributed by atoms with E-state index in [2.05, 4.69) is 10.0 Å². The number of carbonyl (C=O) groups excluding carboxylic acids is 1. The maximum Gasteiger partial charge on any atom is 0.335 e. The minimum Gasteiger partial charge on any atom is -0.478 e. The van der Waals surface area contributed by atoms with Crippen molar-refractivity contribution in [1.82, 2.24) is 10.0 Å². The smallest absolute Gasteiger partial charge is 0.335 e. The number of aromatic carboxylic acids is 1. The molecule has 0 bridgehead atoms. The minimum absolute atomic E-state index is 0.102. The fourth-order valence-corrected chi connectivity index (χ4v) is 2.61. The molecule has 0 heterocycles. The third-order valence-electron chi connectivity index (χ3n) is 2.38. The van der Waals surface area contributed by atoms with Crippen LogP contribution >= 0.6 is 0 Å². The summed E-state index contributed by atoms with van der Waals surface area (Å²) in [7, 11) is -3.51. The van der Waals surface area contributed by atoms with E-state index in [0.29, 0.717) is 5.56 Å². The van der Waals surface area contributed by atoms with Crippen molar-refractivity contribution in [2.45, 2.75) is 12.7 Å². The van der Waals surface area contributed by atoms with E-state index in [9.17, 15) is 18.0 Å².